The molecule has 0 amide bonds. The first-order chi connectivity index (χ1) is 12.9. The number of carboxylic acid groups (broad SMARTS) is 1. The molecule has 1 aliphatic rings. The van der Waals surface area contributed by atoms with Crippen molar-refractivity contribution in [2.24, 2.45) is 0 Å². The topological polar surface area (TPSA) is 71.2 Å². The maximum atomic E-state index is 13.9. The fraction of sp³-hybridized carbons (Fsp3) is 0.316. The molecule has 2 aromatic heterocycles. The molecule has 0 saturated carbocycles. The Balaban J connectivity index is 1.73. The molecule has 3 aromatic rings. The SMILES string of the molecule is CN(c1ncc(Cl)cn1)C1CCc2c(c3cc(F)ccc3n2CC(=O)O)C1. The van der Waals surface area contributed by atoms with Gasteiger partial charge in [-0.1, -0.05) is 11.6 Å². The molecule has 140 valence electrons. The van der Waals surface area contributed by atoms with Gasteiger partial charge >= 0.3 is 5.97 Å². The van der Waals surface area contributed by atoms with E-state index < -0.39 is 5.97 Å². The van der Waals surface area contributed by atoms with Gasteiger partial charge in [-0.05, 0) is 43.0 Å². The second kappa shape index (κ2) is 6.81. The summed E-state index contributed by atoms with van der Waals surface area (Å²) < 4.78 is 15.7. The van der Waals surface area contributed by atoms with E-state index in [9.17, 15) is 14.3 Å². The monoisotopic (exact) mass is 388 g/mol. The number of hydrogen-bond acceptors (Lipinski definition) is 4. The summed E-state index contributed by atoms with van der Waals surface area (Å²) in [5.74, 6) is -0.657. The molecular weight excluding hydrogens is 371 g/mol. The number of hydrogen-bond donors (Lipinski definition) is 1. The normalized spacial score (nSPS) is 16.3. The van der Waals surface area contributed by atoms with Crippen LogP contribution in [0.4, 0.5) is 10.3 Å². The lowest BCUT2D eigenvalue weighted by molar-refractivity contribution is -0.137. The number of fused-ring (bicyclic) bond motifs is 3. The predicted molar refractivity (Wildman–Crippen MR) is 101 cm³/mol. The minimum Gasteiger partial charge on any atom is -0.480 e. The highest BCUT2D eigenvalue weighted by Crippen LogP contribution is 2.34. The van der Waals surface area contributed by atoms with E-state index in [4.69, 9.17) is 11.6 Å². The Morgan fingerprint density at radius 1 is 1.41 bits per heavy atom. The van der Waals surface area contributed by atoms with Gasteiger partial charge in [0.15, 0.2) is 0 Å². The molecule has 4 rings (SSSR count). The van der Waals surface area contributed by atoms with E-state index in [2.05, 4.69) is 9.97 Å². The van der Waals surface area contributed by atoms with Gasteiger partial charge in [-0.25, -0.2) is 14.4 Å². The molecule has 1 atom stereocenters. The van der Waals surface area contributed by atoms with Gasteiger partial charge in [0, 0.05) is 29.7 Å². The Bertz CT molecular complexity index is 1020. The lowest BCUT2D eigenvalue weighted by atomic mass is 9.90. The first-order valence-corrected chi connectivity index (χ1v) is 9.03. The van der Waals surface area contributed by atoms with Crippen LogP contribution in [0.5, 0.6) is 0 Å². The van der Waals surface area contributed by atoms with Gasteiger partial charge in [0.2, 0.25) is 5.95 Å². The Hall–Kier alpha value is -2.67. The second-order valence-corrected chi connectivity index (χ2v) is 7.21. The summed E-state index contributed by atoms with van der Waals surface area (Å²) in [4.78, 5) is 21.9. The van der Waals surface area contributed by atoms with E-state index in [-0.39, 0.29) is 18.4 Å². The summed E-state index contributed by atoms with van der Waals surface area (Å²) in [5.41, 5.74) is 2.73. The minimum absolute atomic E-state index is 0.127. The van der Waals surface area contributed by atoms with Crippen molar-refractivity contribution in [3.63, 3.8) is 0 Å². The van der Waals surface area contributed by atoms with E-state index in [0.717, 1.165) is 28.6 Å². The van der Waals surface area contributed by atoms with Crippen molar-refractivity contribution < 1.29 is 14.3 Å². The van der Waals surface area contributed by atoms with Gasteiger partial charge < -0.3 is 14.6 Å². The number of anilines is 1. The molecule has 1 unspecified atom stereocenters. The van der Waals surface area contributed by atoms with Crippen LogP contribution < -0.4 is 4.90 Å². The number of aliphatic carboxylic acids is 1. The maximum absolute atomic E-state index is 13.9. The highest BCUT2D eigenvalue weighted by Gasteiger charge is 2.29. The molecule has 0 aliphatic heterocycles. The van der Waals surface area contributed by atoms with Gasteiger partial charge in [-0.3, -0.25) is 4.79 Å². The molecule has 1 N–H and O–H groups in total. The van der Waals surface area contributed by atoms with Gasteiger partial charge in [0.1, 0.15) is 12.4 Å². The number of carbonyl (C=O) groups is 1. The Morgan fingerprint density at radius 2 is 2.15 bits per heavy atom. The highest BCUT2D eigenvalue weighted by atomic mass is 35.5. The molecule has 1 aliphatic carbocycles. The smallest absolute Gasteiger partial charge is 0.323 e. The fourth-order valence-electron chi connectivity index (χ4n) is 3.90. The van der Waals surface area contributed by atoms with Gasteiger partial charge in [0.05, 0.1) is 17.4 Å². The van der Waals surface area contributed by atoms with E-state index in [1.807, 2.05) is 11.9 Å². The first kappa shape index (κ1) is 17.7. The number of aromatic nitrogens is 3. The minimum atomic E-state index is -0.909. The molecule has 0 saturated heterocycles. The van der Waals surface area contributed by atoms with Crippen LogP contribution in [0.3, 0.4) is 0 Å². The van der Waals surface area contributed by atoms with Crippen molar-refractivity contribution in [2.45, 2.75) is 31.8 Å². The van der Waals surface area contributed by atoms with Crippen LogP contribution in [-0.4, -0.2) is 38.7 Å². The fourth-order valence-corrected chi connectivity index (χ4v) is 4.00. The van der Waals surface area contributed by atoms with Gasteiger partial charge in [-0.15, -0.1) is 0 Å². The second-order valence-electron chi connectivity index (χ2n) is 6.78. The number of halogens is 2. The number of nitrogens with zero attached hydrogens (tertiary/aromatic N) is 4. The molecule has 8 heteroatoms. The summed E-state index contributed by atoms with van der Waals surface area (Å²) in [6.45, 7) is -0.127. The first-order valence-electron chi connectivity index (χ1n) is 8.65. The molecule has 0 fully saturated rings. The summed E-state index contributed by atoms with van der Waals surface area (Å²) in [6.07, 6.45) is 5.32. The van der Waals surface area contributed by atoms with Crippen LogP contribution in [0.25, 0.3) is 10.9 Å². The summed E-state index contributed by atoms with van der Waals surface area (Å²) in [7, 11) is 1.93. The standard InChI is InChI=1S/C19H18ClFN4O2/c1-24(19-22-8-11(20)9-23-19)13-3-5-17-15(7-13)14-6-12(21)2-4-16(14)25(17)10-18(26)27/h2,4,6,8-9,13H,3,5,7,10H2,1H3,(H,26,27). The average Bonchev–Trinajstić information content (AvgIpc) is 2.94. The van der Waals surface area contributed by atoms with E-state index >= 15 is 0 Å². The van der Waals surface area contributed by atoms with E-state index in [1.165, 1.54) is 12.1 Å². The molecule has 0 bridgehead atoms. The van der Waals surface area contributed by atoms with Crippen molar-refractivity contribution >= 4 is 34.4 Å². The van der Waals surface area contributed by atoms with Crippen LogP contribution in [0, 0.1) is 5.82 Å². The number of likely N-dealkylation sites (N-methyl/N-ethyl adjacent to an activating group) is 1. The van der Waals surface area contributed by atoms with Crippen molar-refractivity contribution in [3.05, 3.63) is 52.7 Å². The zero-order valence-corrected chi connectivity index (χ0v) is 15.4. The van der Waals surface area contributed by atoms with Crippen LogP contribution in [0.2, 0.25) is 5.02 Å². The lowest BCUT2D eigenvalue weighted by Gasteiger charge is -2.32. The Morgan fingerprint density at radius 3 is 2.85 bits per heavy atom. The van der Waals surface area contributed by atoms with Crippen LogP contribution >= 0.6 is 11.6 Å². The predicted octanol–water partition coefficient (Wildman–Crippen LogP) is 3.30. The Labute approximate surface area is 160 Å². The Kier molecular flexibility index (Phi) is 4.47. The molecule has 0 radical (unpaired) electrons. The van der Waals surface area contributed by atoms with Crippen LogP contribution in [0.1, 0.15) is 17.7 Å². The van der Waals surface area contributed by atoms with E-state index in [0.29, 0.717) is 23.8 Å². The van der Waals surface area contributed by atoms with Gasteiger partial charge in [0.25, 0.3) is 0 Å². The van der Waals surface area contributed by atoms with Crippen molar-refractivity contribution in [1.29, 1.82) is 0 Å². The summed E-state index contributed by atoms with van der Waals surface area (Å²) in [5, 5.41) is 10.5. The largest absolute Gasteiger partial charge is 0.480 e. The average molecular weight is 389 g/mol. The lowest BCUT2D eigenvalue weighted by Crippen LogP contribution is -2.37. The summed E-state index contributed by atoms with van der Waals surface area (Å²) in [6, 6.07) is 4.66. The quantitative estimate of drug-likeness (QED) is 0.742. The third kappa shape index (κ3) is 3.23. The zero-order valence-electron chi connectivity index (χ0n) is 14.7. The van der Waals surface area contributed by atoms with Crippen LogP contribution in [0.15, 0.2) is 30.6 Å². The third-order valence-corrected chi connectivity index (χ3v) is 5.36. The number of carboxylic acids is 1. The maximum Gasteiger partial charge on any atom is 0.323 e. The van der Waals surface area contributed by atoms with Crippen molar-refractivity contribution in [1.82, 2.24) is 14.5 Å². The highest BCUT2D eigenvalue weighted by molar-refractivity contribution is 6.30. The number of benzene rings is 1. The summed E-state index contributed by atoms with van der Waals surface area (Å²) >= 11 is 5.86. The zero-order chi connectivity index (χ0) is 19.1. The molecular formula is C19H18ClFN4O2. The van der Waals surface area contributed by atoms with Crippen molar-refractivity contribution in [2.75, 3.05) is 11.9 Å². The molecule has 27 heavy (non-hydrogen) atoms. The van der Waals surface area contributed by atoms with Gasteiger partial charge in [-0.2, -0.15) is 0 Å². The molecule has 1 aromatic carbocycles. The van der Waals surface area contributed by atoms with E-state index in [1.54, 1.807) is 23.0 Å². The molecule has 6 nitrogen and oxygen atoms in total. The molecule has 2 heterocycles. The third-order valence-electron chi connectivity index (χ3n) is 5.17. The number of rotatable bonds is 4. The van der Waals surface area contributed by atoms with Crippen molar-refractivity contribution in [3.8, 4) is 0 Å². The molecule has 0 spiro atoms. The van der Waals surface area contributed by atoms with Crippen LogP contribution in [-0.2, 0) is 24.2 Å².